The van der Waals surface area contributed by atoms with Gasteiger partial charge in [0, 0.05) is 5.69 Å². The van der Waals surface area contributed by atoms with Crippen molar-refractivity contribution in [1.29, 1.82) is 0 Å². The molecule has 0 aliphatic carbocycles. The molecule has 1 aromatic heterocycles. The molecule has 3 nitrogen and oxygen atoms in total. The SMILES string of the molecule is Cc1[nH]cnc1C[S+]([O-])c1ccccc1. The standard InChI is InChI=1S/C11H12N2OS/c1-9-11(13-8-12-9)7-15(14)10-5-3-2-4-6-10/h2-6,8H,7H2,1H3,(H,12,13). The van der Waals surface area contributed by atoms with E-state index in [0.717, 1.165) is 16.3 Å². The van der Waals surface area contributed by atoms with Crippen LogP contribution in [0.4, 0.5) is 0 Å². The number of H-pyrrole nitrogens is 1. The van der Waals surface area contributed by atoms with Crippen molar-refractivity contribution in [2.24, 2.45) is 0 Å². The molecule has 0 aliphatic rings. The molecule has 78 valence electrons. The van der Waals surface area contributed by atoms with E-state index in [1.807, 2.05) is 37.3 Å². The van der Waals surface area contributed by atoms with Crippen LogP contribution >= 0.6 is 0 Å². The van der Waals surface area contributed by atoms with E-state index in [4.69, 9.17) is 0 Å². The van der Waals surface area contributed by atoms with Crippen LogP contribution in [0.2, 0.25) is 0 Å². The lowest BCUT2D eigenvalue weighted by atomic mass is 10.4. The van der Waals surface area contributed by atoms with Gasteiger partial charge in [0.05, 0.1) is 6.33 Å². The van der Waals surface area contributed by atoms with E-state index in [1.54, 1.807) is 6.33 Å². The number of hydrogen-bond acceptors (Lipinski definition) is 2. The topological polar surface area (TPSA) is 51.7 Å². The summed E-state index contributed by atoms with van der Waals surface area (Å²) in [6.45, 7) is 1.94. The van der Waals surface area contributed by atoms with Crippen molar-refractivity contribution < 1.29 is 4.55 Å². The first-order valence-corrected chi connectivity index (χ1v) is 6.01. The lowest BCUT2D eigenvalue weighted by molar-refractivity contribution is 0.593. The van der Waals surface area contributed by atoms with Gasteiger partial charge in [-0.2, -0.15) is 0 Å². The lowest BCUT2D eigenvalue weighted by Crippen LogP contribution is -2.06. The Morgan fingerprint density at radius 2 is 2.07 bits per heavy atom. The summed E-state index contributed by atoms with van der Waals surface area (Å²) in [6, 6.07) is 9.45. The zero-order valence-corrected chi connectivity index (χ0v) is 9.25. The third-order valence-electron chi connectivity index (χ3n) is 2.21. The molecule has 4 heteroatoms. The molecular weight excluding hydrogens is 208 g/mol. The Morgan fingerprint density at radius 3 is 2.67 bits per heavy atom. The summed E-state index contributed by atoms with van der Waals surface area (Å²) in [6.07, 6.45) is 1.63. The van der Waals surface area contributed by atoms with Crippen LogP contribution in [0.15, 0.2) is 41.6 Å². The average Bonchev–Trinajstić information content (AvgIpc) is 2.66. The summed E-state index contributed by atoms with van der Waals surface area (Å²) >= 11 is -1.01. The first kappa shape index (κ1) is 10.3. The normalized spacial score (nSPS) is 12.7. The first-order valence-electron chi connectivity index (χ1n) is 4.69. The van der Waals surface area contributed by atoms with Crippen LogP contribution in [-0.4, -0.2) is 14.5 Å². The van der Waals surface area contributed by atoms with Gasteiger partial charge in [-0.05, 0) is 30.2 Å². The minimum atomic E-state index is -1.01. The smallest absolute Gasteiger partial charge is 0.154 e. The van der Waals surface area contributed by atoms with Crippen LogP contribution < -0.4 is 0 Å². The van der Waals surface area contributed by atoms with E-state index in [-0.39, 0.29) is 0 Å². The second-order valence-electron chi connectivity index (χ2n) is 3.28. The summed E-state index contributed by atoms with van der Waals surface area (Å²) in [5.41, 5.74) is 1.86. The van der Waals surface area contributed by atoms with Crippen molar-refractivity contribution >= 4 is 11.2 Å². The summed E-state index contributed by atoms with van der Waals surface area (Å²) in [5.74, 6) is 0.472. The predicted octanol–water partition coefficient (Wildman–Crippen LogP) is 2.03. The highest BCUT2D eigenvalue weighted by atomic mass is 32.2. The largest absolute Gasteiger partial charge is 0.611 e. The summed E-state index contributed by atoms with van der Waals surface area (Å²) in [5, 5.41) is 0. The van der Waals surface area contributed by atoms with Gasteiger partial charge in [-0.3, -0.25) is 0 Å². The number of nitrogens with zero attached hydrogens (tertiary/aromatic N) is 1. The molecule has 0 saturated heterocycles. The van der Waals surface area contributed by atoms with Crippen molar-refractivity contribution in [1.82, 2.24) is 9.97 Å². The number of aromatic nitrogens is 2. The fourth-order valence-corrected chi connectivity index (χ4v) is 2.48. The van der Waals surface area contributed by atoms with Gasteiger partial charge in [0.1, 0.15) is 5.69 Å². The van der Waals surface area contributed by atoms with Crippen molar-refractivity contribution in [2.45, 2.75) is 17.6 Å². The minimum absolute atomic E-state index is 0.472. The van der Waals surface area contributed by atoms with Crippen molar-refractivity contribution in [2.75, 3.05) is 0 Å². The lowest BCUT2D eigenvalue weighted by Gasteiger charge is -2.08. The van der Waals surface area contributed by atoms with E-state index in [0.29, 0.717) is 5.75 Å². The van der Waals surface area contributed by atoms with Gasteiger partial charge in [-0.25, -0.2) is 4.98 Å². The Bertz CT molecular complexity index is 427. The van der Waals surface area contributed by atoms with E-state index < -0.39 is 11.2 Å². The van der Waals surface area contributed by atoms with Crippen molar-refractivity contribution in [3.63, 3.8) is 0 Å². The van der Waals surface area contributed by atoms with Gasteiger partial charge < -0.3 is 9.54 Å². The van der Waals surface area contributed by atoms with E-state index in [9.17, 15) is 4.55 Å². The Balaban J connectivity index is 2.11. The number of benzene rings is 1. The highest BCUT2D eigenvalue weighted by Gasteiger charge is 2.14. The second kappa shape index (κ2) is 4.51. The number of nitrogens with one attached hydrogen (secondary N) is 1. The quantitative estimate of drug-likeness (QED) is 0.805. The molecule has 0 spiro atoms. The summed E-state index contributed by atoms with van der Waals surface area (Å²) in [4.78, 5) is 7.96. The molecule has 0 fully saturated rings. The van der Waals surface area contributed by atoms with Gasteiger partial charge in [-0.15, -0.1) is 0 Å². The molecule has 0 bridgehead atoms. The fraction of sp³-hybridized carbons (Fsp3) is 0.182. The molecule has 15 heavy (non-hydrogen) atoms. The summed E-state index contributed by atoms with van der Waals surface area (Å²) in [7, 11) is 0. The van der Waals surface area contributed by atoms with Gasteiger partial charge >= 0.3 is 0 Å². The molecule has 0 radical (unpaired) electrons. The van der Waals surface area contributed by atoms with Crippen LogP contribution in [0.3, 0.4) is 0 Å². The molecule has 0 aliphatic heterocycles. The number of hydrogen-bond donors (Lipinski definition) is 1. The predicted molar refractivity (Wildman–Crippen MR) is 59.9 cm³/mol. The van der Waals surface area contributed by atoms with E-state index >= 15 is 0 Å². The average molecular weight is 220 g/mol. The van der Waals surface area contributed by atoms with Crippen LogP contribution in [-0.2, 0) is 16.9 Å². The van der Waals surface area contributed by atoms with Crippen LogP contribution in [0.25, 0.3) is 0 Å². The number of rotatable bonds is 3. The van der Waals surface area contributed by atoms with E-state index in [2.05, 4.69) is 9.97 Å². The Kier molecular flexibility index (Phi) is 3.08. The molecule has 0 amide bonds. The third-order valence-corrected chi connectivity index (χ3v) is 3.54. The molecule has 0 saturated carbocycles. The Labute approximate surface area is 91.7 Å². The molecule has 1 heterocycles. The Morgan fingerprint density at radius 1 is 1.33 bits per heavy atom. The number of aryl methyl sites for hydroxylation is 1. The van der Waals surface area contributed by atoms with Crippen LogP contribution in [0.5, 0.6) is 0 Å². The van der Waals surface area contributed by atoms with E-state index in [1.165, 1.54) is 0 Å². The third kappa shape index (κ3) is 2.40. The van der Waals surface area contributed by atoms with Gasteiger partial charge in [0.2, 0.25) is 0 Å². The molecule has 2 aromatic rings. The second-order valence-corrected chi connectivity index (χ2v) is 4.73. The molecule has 1 aromatic carbocycles. The van der Waals surface area contributed by atoms with Crippen LogP contribution in [0.1, 0.15) is 11.4 Å². The van der Waals surface area contributed by atoms with Crippen molar-refractivity contribution in [3.8, 4) is 0 Å². The van der Waals surface area contributed by atoms with Gasteiger partial charge in [0.15, 0.2) is 10.6 Å². The maximum atomic E-state index is 11.9. The van der Waals surface area contributed by atoms with Gasteiger partial charge in [-0.1, -0.05) is 18.2 Å². The molecule has 1 atom stereocenters. The molecule has 1 N–H and O–H groups in total. The molecule has 1 unspecified atom stereocenters. The number of imidazole rings is 1. The number of aromatic amines is 1. The van der Waals surface area contributed by atoms with Crippen molar-refractivity contribution in [3.05, 3.63) is 48.0 Å². The molecule has 2 rings (SSSR count). The van der Waals surface area contributed by atoms with Gasteiger partial charge in [0.25, 0.3) is 0 Å². The fourth-order valence-electron chi connectivity index (χ4n) is 1.31. The molecular formula is C11H12N2OS. The Hall–Kier alpha value is -1.26. The first-order chi connectivity index (χ1) is 7.27. The minimum Gasteiger partial charge on any atom is -0.611 e. The highest BCUT2D eigenvalue weighted by molar-refractivity contribution is 7.90. The monoisotopic (exact) mass is 220 g/mol. The van der Waals surface area contributed by atoms with Crippen LogP contribution in [0, 0.1) is 6.92 Å². The maximum absolute atomic E-state index is 11.9. The zero-order chi connectivity index (χ0) is 10.7. The maximum Gasteiger partial charge on any atom is 0.154 e. The highest BCUT2D eigenvalue weighted by Crippen LogP contribution is 2.15. The zero-order valence-electron chi connectivity index (χ0n) is 8.43. The summed E-state index contributed by atoms with van der Waals surface area (Å²) < 4.78 is 11.9.